The summed E-state index contributed by atoms with van der Waals surface area (Å²) in [5.41, 5.74) is 10.1. The monoisotopic (exact) mass is 477 g/mol. The molecule has 1 unspecified atom stereocenters. The van der Waals surface area contributed by atoms with Gasteiger partial charge in [-0.25, -0.2) is 10.8 Å². The fraction of sp³-hybridized carbons (Fsp3) is 0.400. The second-order valence-electron chi connectivity index (χ2n) is 9.35. The number of benzene rings is 1. The van der Waals surface area contributed by atoms with Crippen LogP contribution in [-0.4, -0.2) is 35.0 Å². The number of nitrogens with two attached hydrogens (primary N) is 2. The molecule has 9 heteroatoms. The van der Waals surface area contributed by atoms with Gasteiger partial charge in [0, 0.05) is 36.6 Å². The van der Waals surface area contributed by atoms with Gasteiger partial charge in [-0.3, -0.25) is 4.79 Å². The summed E-state index contributed by atoms with van der Waals surface area (Å²) in [6.45, 7) is 2.12. The Balaban J connectivity index is 1.17. The number of rotatable bonds is 6. The number of fused-ring (bicyclic) bond motifs is 1. The first kappa shape index (κ1) is 22.5. The molecule has 5 N–H and O–H groups in total. The van der Waals surface area contributed by atoms with Crippen molar-refractivity contribution in [3.05, 3.63) is 69.6 Å². The Morgan fingerprint density at radius 3 is 2.79 bits per heavy atom. The number of carbonyl (C=O) groups excluding carboxylic acids is 1. The maximum Gasteiger partial charge on any atom is 0.268 e. The molecule has 3 aliphatic rings. The van der Waals surface area contributed by atoms with E-state index in [9.17, 15) is 10.1 Å². The number of halogens is 1. The van der Waals surface area contributed by atoms with Gasteiger partial charge in [-0.1, -0.05) is 11.6 Å². The predicted molar refractivity (Wildman–Crippen MR) is 130 cm³/mol. The highest BCUT2D eigenvalue weighted by Crippen LogP contribution is 2.39. The van der Waals surface area contributed by atoms with Crippen LogP contribution in [-0.2, 0) is 11.2 Å². The van der Waals surface area contributed by atoms with Crippen LogP contribution in [0.3, 0.4) is 0 Å². The van der Waals surface area contributed by atoms with Crippen LogP contribution in [0.4, 0.5) is 5.82 Å². The van der Waals surface area contributed by atoms with E-state index in [1.807, 2.05) is 12.3 Å². The summed E-state index contributed by atoms with van der Waals surface area (Å²) in [5, 5.41) is 14.4. The predicted octanol–water partition coefficient (Wildman–Crippen LogP) is 2.84. The first-order valence-corrected chi connectivity index (χ1v) is 12.0. The van der Waals surface area contributed by atoms with Gasteiger partial charge in [0.1, 0.15) is 11.5 Å². The summed E-state index contributed by atoms with van der Waals surface area (Å²) in [7, 11) is 0. The number of nitrogens with zero attached hydrogens (tertiary/aromatic N) is 4. The van der Waals surface area contributed by atoms with E-state index in [0.717, 1.165) is 55.7 Å². The molecule has 0 bridgehead atoms. The van der Waals surface area contributed by atoms with Crippen LogP contribution >= 0.6 is 11.6 Å². The number of amides is 1. The molecule has 5 rings (SSSR count). The largest absolute Gasteiger partial charge is 0.393 e. The van der Waals surface area contributed by atoms with Gasteiger partial charge < -0.3 is 21.0 Å². The number of nitrogens with one attached hydrogen (secondary N) is 1. The van der Waals surface area contributed by atoms with Gasteiger partial charge in [0.25, 0.3) is 5.91 Å². The first-order valence-electron chi connectivity index (χ1n) is 11.7. The lowest BCUT2D eigenvalue weighted by Crippen LogP contribution is -2.45. The van der Waals surface area contributed by atoms with Crippen LogP contribution < -0.4 is 21.8 Å². The Morgan fingerprint density at radius 1 is 1.29 bits per heavy atom. The van der Waals surface area contributed by atoms with Gasteiger partial charge in [-0.2, -0.15) is 5.26 Å². The van der Waals surface area contributed by atoms with E-state index >= 15 is 0 Å². The number of hydrogen-bond donors (Lipinski definition) is 3. The zero-order valence-corrected chi connectivity index (χ0v) is 19.6. The van der Waals surface area contributed by atoms with E-state index in [4.69, 9.17) is 23.2 Å². The molecule has 1 amide bonds. The van der Waals surface area contributed by atoms with E-state index in [0.29, 0.717) is 10.6 Å². The van der Waals surface area contributed by atoms with Crippen LogP contribution in [0.25, 0.3) is 0 Å². The Morgan fingerprint density at radius 2 is 2.09 bits per heavy atom. The highest BCUT2D eigenvalue weighted by molar-refractivity contribution is 6.30. The minimum atomic E-state index is -0.338. The van der Waals surface area contributed by atoms with Crippen molar-refractivity contribution in [2.75, 3.05) is 18.0 Å². The minimum absolute atomic E-state index is 0.00229. The highest BCUT2D eigenvalue weighted by Gasteiger charge is 2.34. The molecule has 2 aromatic rings. The number of nitriles is 1. The summed E-state index contributed by atoms with van der Waals surface area (Å²) in [6.07, 6.45) is 7.89. The minimum Gasteiger partial charge on any atom is -0.393 e. The van der Waals surface area contributed by atoms with E-state index in [1.54, 1.807) is 12.1 Å². The molecule has 2 aliphatic carbocycles. The molecule has 2 fully saturated rings. The first-order chi connectivity index (χ1) is 16.4. The standard InChI is InChI=1S/C25H28ClN7O/c26-18-4-2-16(12-27)20(11-18)17-8-19(9-17)31-25(34)22(28)14-33(29)23-5-3-15-10-24(30-13-21(15)23)32-6-1-7-32/h2,4,10-11,13-14,17,19,23H,1,3,5-9,28-29H2,(H,31,34)/b22-14-. The van der Waals surface area contributed by atoms with E-state index in [-0.39, 0.29) is 29.6 Å². The van der Waals surface area contributed by atoms with Gasteiger partial charge in [0.15, 0.2) is 0 Å². The van der Waals surface area contributed by atoms with Crippen molar-refractivity contribution in [1.82, 2.24) is 15.3 Å². The van der Waals surface area contributed by atoms with Crippen molar-refractivity contribution >= 4 is 23.3 Å². The van der Waals surface area contributed by atoms with E-state index in [2.05, 4.69) is 27.3 Å². The number of carbonyl (C=O) groups is 1. The lowest BCUT2D eigenvalue weighted by molar-refractivity contribution is -0.118. The smallest absolute Gasteiger partial charge is 0.268 e. The molecule has 8 nitrogen and oxygen atoms in total. The van der Waals surface area contributed by atoms with Crippen LogP contribution in [0, 0.1) is 11.3 Å². The molecular formula is C25H28ClN7O. The number of aromatic nitrogens is 1. The summed E-state index contributed by atoms with van der Waals surface area (Å²) in [4.78, 5) is 19.5. The number of anilines is 1. The third-order valence-corrected chi connectivity index (χ3v) is 7.43. The zero-order valence-electron chi connectivity index (χ0n) is 18.9. The van der Waals surface area contributed by atoms with Crippen LogP contribution in [0.15, 0.2) is 42.4 Å². The molecular weight excluding hydrogens is 450 g/mol. The number of hydrogen-bond acceptors (Lipinski definition) is 7. The van der Waals surface area contributed by atoms with Gasteiger partial charge in [-0.05, 0) is 79.0 Å². The molecule has 0 spiro atoms. The molecule has 1 aliphatic heterocycles. The van der Waals surface area contributed by atoms with Crippen LogP contribution in [0.2, 0.25) is 5.02 Å². The van der Waals surface area contributed by atoms with E-state index < -0.39 is 0 Å². The molecule has 1 saturated carbocycles. The van der Waals surface area contributed by atoms with Gasteiger partial charge in [-0.15, -0.1) is 0 Å². The van der Waals surface area contributed by atoms with Crippen molar-refractivity contribution in [2.45, 2.75) is 50.1 Å². The van der Waals surface area contributed by atoms with Crippen molar-refractivity contribution in [3.63, 3.8) is 0 Å². The summed E-state index contributed by atoms with van der Waals surface area (Å²) < 4.78 is 0. The Labute approximate surface area is 204 Å². The average molecular weight is 478 g/mol. The second-order valence-corrected chi connectivity index (χ2v) is 9.79. The SMILES string of the molecule is N#Cc1ccc(Cl)cc1C1CC(NC(=O)/C(N)=C/N(N)C2CCc3cc(N4CCC4)ncc32)C1. The molecule has 1 atom stereocenters. The van der Waals surface area contributed by atoms with Gasteiger partial charge in [0.05, 0.1) is 17.7 Å². The van der Waals surface area contributed by atoms with Crippen LogP contribution in [0.5, 0.6) is 0 Å². The van der Waals surface area contributed by atoms with Gasteiger partial charge >= 0.3 is 0 Å². The molecule has 2 heterocycles. The molecule has 1 aromatic carbocycles. The van der Waals surface area contributed by atoms with Crippen molar-refractivity contribution in [3.8, 4) is 6.07 Å². The molecule has 34 heavy (non-hydrogen) atoms. The zero-order chi connectivity index (χ0) is 23.8. The summed E-state index contributed by atoms with van der Waals surface area (Å²) in [5.74, 6) is 7.19. The Kier molecular flexibility index (Phi) is 6.07. The lowest BCUT2D eigenvalue weighted by atomic mass is 9.74. The normalized spacial score (nSPS) is 23.4. The average Bonchev–Trinajstić information content (AvgIpc) is 3.18. The second kappa shape index (κ2) is 9.16. The van der Waals surface area contributed by atoms with Gasteiger partial charge in [0.2, 0.25) is 0 Å². The Bertz CT molecular complexity index is 1180. The quantitative estimate of drug-likeness (QED) is 0.332. The fourth-order valence-corrected chi connectivity index (χ4v) is 5.21. The molecule has 1 aromatic heterocycles. The topological polar surface area (TPSA) is 124 Å². The third-order valence-electron chi connectivity index (χ3n) is 7.19. The molecule has 176 valence electrons. The molecule has 0 radical (unpaired) electrons. The Hall–Kier alpha value is -3.28. The third kappa shape index (κ3) is 4.29. The van der Waals surface area contributed by atoms with Crippen molar-refractivity contribution in [1.29, 1.82) is 5.26 Å². The maximum atomic E-state index is 12.6. The van der Waals surface area contributed by atoms with E-state index in [1.165, 1.54) is 23.2 Å². The number of hydrazine groups is 1. The fourth-order valence-electron chi connectivity index (χ4n) is 5.03. The molecule has 1 saturated heterocycles. The number of pyridine rings is 1. The lowest BCUT2D eigenvalue weighted by Gasteiger charge is -2.36. The highest BCUT2D eigenvalue weighted by atomic mass is 35.5. The van der Waals surface area contributed by atoms with Crippen LogP contribution in [0.1, 0.15) is 59.9 Å². The van der Waals surface area contributed by atoms with Crippen molar-refractivity contribution < 1.29 is 4.79 Å². The maximum absolute atomic E-state index is 12.6. The van der Waals surface area contributed by atoms with Crippen molar-refractivity contribution in [2.24, 2.45) is 11.6 Å². The number of aryl methyl sites for hydroxylation is 1. The summed E-state index contributed by atoms with van der Waals surface area (Å²) >= 11 is 6.10. The summed E-state index contributed by atoms with van der Waals surface area (Å²) in [6, 6.07) is 9.61.